The second kappa shape index (κ2) is 8.92. The van der Waals surface area contributed by atoms with Crippen molar-refractivity contribution >= 4 is 0 Å². The normalized spacial score (nSPS) is 9.30. The molecule has 0 aliphatic carbocycles. The van der Waals surface area contributed by atoms with E-state index in [9.17, 15) is 0 Å². The number of rotatable bonds is 4. The van der Waals surface area contributed by atoms with E-state index in [2.05, 4.69) is 61.7 Å². The van der Waals surface area contributed by atoms with E-state index in [0.717, 1.165) is 12.8 Å². The van der Waals surface area contributed by atoms with Crippen LogP contribution in [0.4, 0.5) is 0 Å². The Hall–Kier alpha value is -2.08. The average Bonchev–Trinajstić information content (AvgIpc) is 2.40. The summed E-state index contributed by atoms with van der Waals surface area (Å²) in [6.45, 7) is 11.8. The fourth-order valence-electron chi connectivity index (χ4n) is 1.89. The summed E-state index contributed by atoms with van der Waals surface area (Å²) in [5.41, 5.74) is 5.11. The van der Waals surface area contributed by atoms with Crippen LogP contribution in [0, 0.1) is 0 Å². The first-order valence-corrected chi connectivity index (χ1v) is 6.94. The molecular formula is C20H24. The van der Waals surface area contributed by atoms with Gasteiger partial charge in [0.15, 0.2) is 0 Å². The zero-order valence-electron chi connectivity index (χ0n) is 12.6. The molecule has 20 heavy (non-hydrogen) atoms. The smallest absolute Gasteiger partial charge is 0.00726 e. The minimum Gasteiger partial charge on any atom is -0.0998 e. The SMILES string of the molecule is C=C(C)Cc1ccccc1.C=C(C)Cc1ccccc1. The van der Waals surface area contributed by atoms with Crippen LogP contribution in [0.5, 0.6) is 0 Å². The Labute approximate surface area is 123 Å². The highest BCUT2D eigenvalue weighted by molar-refractivity contribution is 5.20. The van der Waals surface area contributed by atoms with E-state index in [4.69, 9.17) is 0 Å². The zero-order valence-corrected chi connectivity index (χ0v) is 12.6. The topological polar surface area (TPSA) is 0 Å². The predicted molar refractivity (Wildman–Crippen MR) is 89.9 cm³/mol. The summed E-state index contributed by atoms with van der Waals surface area (Å²) < 4.78 is 0. The molecule has 0 nitrogen and oxygen atoms in total. The van der Waals surface area contributed by atoms with E-state index in [1.807, 2.05) is 26.0 Å². The first-order chi connectivity index (χ1) is 9.58. The molecule has 0 aliphatic rings. The Morgan fingerprint density at radius 2 is 0.950 bits per heavy atom. The number of hydrogen-bond donors (Lipinski definition) is 0. The Bertz CT molecular complexity index is 469. The molecule has 0 radical (unpaired) electrons. The number of allylic oxidation sites excluding steroid dienone is 2. The molecular weight excluding hydrogens is 240 g/mol. The van der Waals surface area contributed by atoms with Crippen molar-refractivity contribution in [2.24, 2.45) is 0 Å². The second-order valence-corrected chi connectivity index (χ2v) is 5.24. The van der Waals surface area contributed by atoms with Crippen molar-refractivity contribution in [2.45, 2.75) is 26.7 Å². The summed E-state index contributed by atoms with van der Waals surface area (Å²) in [7, 11) is 0. The minimum atomic E-state index is 1.00. The zero-order chi connectivity index (χ0) is 14.8. The van der Waals surface area contributed by atoms with E-state index in [0.29, 0.717) is 0 Å². The summed E-state index contributed by atoms with van der Waals surface area (Å²) in [6, 6.07) is 20.8. The first-order valence-electron chi connectivity index (χ1n) is 6.94. The maximum atomic E-state index is 3.85. The van der Waals surface area contributed by atoms with Crippen molar-refractivity contribution in [1.29, 1.82) is 0 Å². The molecule has 0 N–H and O–H groups in total. The van der Waals surface area contributed by atoms with Crippen molar-refractivity contribution in [3.63, 3.8) is 0 Å². The summed E-state index contributed by atoms with van der Waals surface area (Å²) >= 11 is 0. The molecule has 0 saturated heterocycles. The molecule has 0 bridgehead atoms. The molecule has 0 saturated carbocycles. The van der Waals surface area contributed by atoms with E-state index in [-0.39, 0.29) is 0 Å². The largest absolute Gasteiger partial charge is 0.0998 e. The van der Waals surface area contributed by atoms with E-state index in [1.165, 1.54) is 22.3 Å². The predicted octanol–water partition coefficient (Wildman–Crippen LogP) is 5.61. The van der Waals surface area contributed by atoms with E-state index in [1.54, 1.807) is 0 Å². The highest BCUT2D eigenvalue weighted by atomic mass is 13.9. The lowest BCUT2D eigenvalue weighted by molar-refractivity contribution is 1.15. The van der Waals surface area contributed by atoms with Gasteiger partial charge in [0.25, 0.3) is 0 Å². The maximum absolute atomic E-state index is 3.85. The van der Waals surface area contributed by atoms with Crippen molar-refractivity contribution in [1.82, 2.24) is 0 Å². The first kappa shape index (κ1) is 16.0. The van der Waals surface area contributed by atoms with Crippen molar-refractivity contribution in [2.75, 3.05) is 0 Å². The molecule has 104 valence electrons. The number of hydrogen-bond acceptors (Lipinski definition) is 0. The average molecular weight is 264 g/mol. The van der Waals surface area contributed by atoms with E-state index < -0.39 is 0 Å². The highest BCUT2D eigenvalue weighted by Crippen LogP contribution is 2.04. The van der Waals surface area contributed by atoms with Crippen molar-refractivity contribution in [3.8, 4) is 0 Å². The summed E-state index contributed by atoms with van der Waals surface area (Å²) in [5, 5.41) is 0. The minimum absolute atomic E-state index is 1.00. The van der Waals surface area contributed by atoms with Gasteiger partial charge in [-0.05, 0) is 37.8 Å². The van der Waals surface area contributed by atoms with Crippen molar-refractivity contribution in [3.05, 3.63) is 96.1 Å². The Morgan fingerprint density at radius 1 is 0.650 bits per heavy atom. The quantitative estimate of drug-likeness (QED) is 0.630. The van der Waals surface area contributed by atoms with Crippen LogP contribution in [0.25, 0.3) is 0 Å². The van der Waals surface area contributed by atoms with Crippen LogP contribution < -0.4 is 0 Å². The fraction of sp³-hybridized carbons (Fsp3) is 0.200. The fourth-order valence-corrected chi connectivity index (χ4v) is 1.89. The Kier molecular flexibility index (Phi) is 7.13. The van der Waals surface area contributed by atoms with Gasteiger partial charge >= 0.3 is 0 Å². The van der Waals surface area contributed by atoms with Crippen LogP contribution in [0.1, 0.15) is 25.0 Å². The maximum Gasteiger partial charge on any atom is -0.00726 e. The van der Waals surface area contributed by atoms with Gasteiger partial charge in [-0.1, -0.05) is 85.0 Å². The second-order valence-electron chi connectivity index (χ2n) is 5.24. The van der Waals surface area contributed by atoms with Crippen LogP contribution in [-0.4, -0.2) is 0 Å². The molecule has 0 heterocycles. The van der Waals surface area contributed by atoms with Crippen LogP contribution in [0.2, 0.25) is 0 Å². The van der Waals surface area contributed by atoms with Gasteiger partial charge in [-0.2, -0.15) is 0 Å². The van der Waals surface area contributed by atoms with E-state index >= 15 is 0 Å². The van der Waals surface area contributed by atoms with Gasteiger partial charge in [0.1, 0.15) is 0 Å². The van der Waals surface area contributed by atoms with Gasteiger partial charge in [-0.3, -0.25) is 0 Å². The molecule has 2 aromatic rings. The molecule has 0 heteroatoms. The summed E-state index contributed by atoms with van der Waals surface area (Å²) in [6.07, 6.45) is 2.00. The van der Waals surface area contributed by atoms with Crippen molar-refractivity contribution < 1.29 is 0 Å². The lowest BCUT2D eigenvalue weighted by Gasteiger charge is -1.97. The third kappa shape index (κ3) is 7.38. The summed E-state index contributed by atoms with van der Waals surface area (Å²) in [4.78, 5) is 0. The molecule has 0 fully saturated rings. The highest BCUT2D eigenvalue weighted by Gasteiger charge is 1.89. The summed E-state index contributed by atoms with van der Waals surface area (Å²) in [5.74, 6) is 0. The molecule has 2 aromatic carbocycles. The van der Waals surface area contributed by atoms with Gasteiger partial charge < -0.3 is 0 Å². The number of benzene rings is 2. The molecule has 0 spiro atoms. The van der Waals surface area contributed by atoms with Gasteiger partial charge in [0, 0.05) is 0 Å². The monoisotopic (exact) mass is 264 g/mol. The standard InChI is InChI=1S/2C10H12/c2*1-9(2)8-10-6-4-3-5-7-10/h2*3-7H,1,8H2,2H3. The van der Waals surface area contributed by atoms with Crippen LogP contribution >= 0.6 is 0 Å². The molecule has 0 aromatic heterocycles. The lowest BCUT2D eigenvalue weighted by Crippen LogP contribution is -1.82. The van der Waals surface area contributed by atoms with Crippen LogP contribution in [0.3, 0.4) is 0 Å². The Balaban J connectivity index is 0.000000200. The molecule has 0 aliphatic heterocycles. The van der Waals surface area contributed by atoms with Gasteiger partial charge in [0.05, 0.1) is 0 Å². The van der Waals surface area contributed by atoms with Gasteiger partial charge in [0.2, 0.25) is 0 Å². The molecule has 0 atom stereocenters. The lowest BCUT2D eigenvalue weighted by atomic mass is 10.1. The Morgan fingerprint density at radius 3 is 1.20 bits per heavy atom. The van der Waals surface area contributed by atoms with Crippen LogP contribution in [0.15, 0.2) is 85.0 Å². The molecule has 2 rings (SSSR count). The van der Waals surface area contributed by atoms with Crippen LogP contribution in [-0.2, 0) is 12.8 Å². The van der Waals surface area contributed by atoms with Gasteiger partial charge in [-0.15, -0.1) is 0 Å². The third-order valence-corrected chi connectivity index (χ3v) is 2.70. The molecule has 0 amide bonds. The third-order valence-electron chi connectivity index (χ3n) is 2.70. The molecule has 0 unspecified atom stereocenters. The van der Waals surface area contributed by atoms with Gasteiger partial charge in [-0.25, -0.2) is 0 Å².